The number of halogens is 2. The number of nitrogens with one attached hydrogen (secondary N) is 2. The van der Waals surface area contributed by atoms with E-state index in [1.165, 1.54) is 12.3 Å². The topological polar surface area (TPSA) is 74.8 Å². The second kappa shape index (κ2) is 6.98. The Kier molecular flexibility index (Phi) is 5.27. The van der Waals surface area contributed by atoms with Gasteiger partial charge in [-0.25, -0.2) is 4.98 Å². The fraction of sp³-hybridized carbons (Fsp3) is 0.154. The molecule has 0 spiro atoms. The highest BCUT2D eigenvalue weighted by molar-refractivity contribution is 8.00. The molecule has 110 valence electrons. The first-order valence-electron chi connectivity index (χ1n) is 5.93. The molecule has 0 saturated heterocycles. The molecule has 1 atom stereocenters. The zero-order chi connectivity index (χ0) is 15.4. The number of hydrogen-bond donors (Lipinski definition) is 2. The maximum absolute atomic E-state index is 12.1. The van der Waals surface area contributed by atoms with E-state index in [4.69, 9.17) is 23.2 Å². The fourth-order valence-corrected chi connectivity index (χ4v) is 2.70. The van der Waals surface area contributed by atoms with Crippen LogP contribution in [0.25, 0.3) is 0 Å². The van der Waals surface area contributed by atoms with Gasteiger partial charge in [0.15, 0.2) is 5.16 Å². The van der Waals surface area contributed by atoms with Crippen LogP contribution in [0.1, 0.15) is 6.92 Å². The molecule has 1 aromatic carbocycles. The lowest BCUT2D eigenvalue weighted by Crippen LogP contribution is -2.23. The highest BCUT2D eigenvalue weighted by atomic mass is 35.5. The fourth-order valence-electron chi connectivity index (χ4n) is 1.46. The molecule has 0 saturated carbocycles. The van der Waals surface area contributed by atoms with Gasteiger partial charge < -0.3 is 10.3 Å². The Hall–Kier alpha value is -1.50. The maximum atomic E-state index is 12.1. The average molecular weight is 344 g/mol. The van der Waals surface area contributed by atoms with Gasteiger partial charge >= 0.3 is 0 Å². The smallest absolute Gasteiger partial charge is 0.251 e. The van der Waals surface area contributed by atoms with Crippen molar-refractivity contribution in [3.8, 4) is 0 Å². The molecule has 0 aliphatic rings. The largest absolute Gasteiger partial charge is 0.324 e. The van der Waals surface area contributed by atoms with Gasteiger partial charge in [-0.3, -0.25) is 9.59 Å². The molecule has 0 unspecified atom stereocenters. The molecule has 1 heterocycles. The Labute approximate surface area is 135 Å². The molecule has 0 fully saturated rings. The highest BCUT2D eigenvalue weighted by Gasteiger charge is 2.16. The quantitative estimate of drug-likeness (QED) is 0.660. The van der Waals surface area contributed by atoms with E-state index in [2.05, 4.69) is 15.3 Å². The number of anilines is 1. The van der Waals surface area contributed by atoms with Crippen molar-refractivity contribution in [2.24, 2.45) is 0 Å². The molecule has 5 nitrogen and oxygen atoms in total. The molecule has 0 radical (unpaired) electrons. The average Bonchev–Trinajstić information content (AvgIpc) is 2.41. The number of carbonyl (C=O) groups excluding carboxylic acids is 1. The number of aromatic nitrogens is 2. The lowest BCUT2D eigenvalue weighted by atomic mass is 10.3. The van der Waals surface area contributed by atoms with Crippen molar-refractivity contribution in [2.45, 2.75) is 17.3 Å². The third kappa shape index (κ3) is 4.49. The van der Waals surface area contributed by atoms with Crippen LogP contribution < -0.4 is 10.9 Å². The number of nitrogens with zero attached hydrogens (tertiary/aromatic N) is 1. The molecule has 0 aliphatic carbocycles. The highest BCUT2D eigenvalue weighted by Crippen LogP contribution is 2.26. The van der Waals surface area contributed by atoms with Crippen molar-refractivity contribution < 1.29 is 4.79 Å². The Bertz CT molecular complexity index is 721. The van der Waals surface area contributed by atoms with Gasteiger partial charge in [0.1, 0.15) is 0 Å². The van der Waals surface area contributed by atoms with Crippen LogP contribution in [0.2, 0.25) is 10.0 Å². The van der Waals surface area contributed by atoms with Crippen LogP contribution in [-0.2, 0) is 4.79 Å². The zero-order valence-corrected chi connectivity index (χ0v) is 13.2. The van der Waals surface area contributed by atoms with E-state index in [-0.39, 0.29) is 11.5 Å². The molecule has 2 rings (SSSR count). The molecular formula is C13H11Cl2N3O2S. The third-order valence-corrected chi connectivity index (χ3v) is 4.04. The van der Waals surface area contributed by atoms with Crippen LogP contribution in [-0.4, -0.2) is 21.1 Å². The van der Waals surface area contributed by atoms with E-state index in [0.717, 1.165) is 11.8 Å². The second-order valence-corrected chi connectivity index (χ2v) is 6.29. The Morgan fingerprint density at radius 1 is 1.38 bits per heavy atom. The number of hydrogen-bond acceptors (Lipinski definition) is 4. The lowest BCUT2D eigenvalue weighted by Gasteiger charge is -2.12. The van der Waals surface area contributed by atoms with Gasteiger partial charge in [-0.15, -0.1) is 0 Å². The van der Waals surface area contributed by atoms with E-state index < -0.39 is 5.25 Å². The summed E-state index contributed by atoms with van der Waals surface area (Å²) < 4.78 is 0. The van der Waals surface area contributed by atoms with Crippen molar-refractivity contribution in [1.82, 2.24) is 9.97 Å². The van der Waals surface area contributed by atoms with Gasteiger partial charge in [0.25, 0.3) is 5.56 Å². The van der Waals surface area contributed by atoms with E-state index in [1.807, 2.05) is 0 Å². The number of benzene rings is 1. The number of H-pyrrole nitrogens is 1. The molecule has 2 aromatic rings. The van der Waals surface area contributed by atoms with E-state index in [0.29, 0.717) is 20.9 Å². The third-order valence-electron chi connectivity index (χ3n) is 2.49. The summed E-state index contributed by atoms with van der Waals surface area (Å²) in [5.41, 5.74) is 0.217. The molecular weight excluding hydrogens is 333 g/mol. The second-order valence-electron chi connectivity index (χ2n) is 4.11. The molecule has 2 N–H and O–H groups in total. The Morgan fingerprint density at radius 3 is 2.81 bits per heavy atom. The molecule has 0 aliphatic heterocycles. The minimum atomic E-state index is -0.456. The summed E-state index contributed by atoms with van der Waals surface area (Å²) in [5.74, 6) is -0.254. The Balaban J connectivity index is 2.04. The summed E-state index contributed by atoms with van der Waals surface area (Å²) in [4.78, 5) is 29.8. The standard InChI is InChI=1S/C13H11Cl2N3O2S/c1-7(21-13-16-5-4-11(19)18-13)12(20)17-10-3-2-8(14)6-9(10)15/h2-7H,1H3,(H,17,20)(H,16,18,19)/t7-/m1/s1. The van der Waals surface area contributed by atoms with E-state index >= 15 is 0 Å². The summed E-state index contributed by atoms with van der Waals surface area (Å²) in [7, 11) is 0. The zero-order valence-electron chi connectivity index (χ0n) is 10.9. The molecule has 1 amide bonds. The molecule has 21 heavy (non-hydrogen) atoms. The van der Waals surface area contributed by atoms with Crippen molar-refractivity contribution in [1.29, 1.82) is 0 Å². The summed E-state index contributed by atoms with van der Waals surface area (Å²) >= 11 is 12.9. The number of amides is 1. The number of thioether (sulfide) groups is 1. The first-order valence-corrected chi connectivity index (χ1v) is 7.57. The van der Waals surface area contributed by atoms with Gasteiger partial charge in [-0.2, -0.15) is 0 Å². The lowest BCUT2D eigenvalue weighted by molar-refractivity contribution is -0.115. The van der Waals surface area contributed by atoms with E-state index in [9.17, 15) is 9.59 Å². The van der Waals surface area contributed by atoms with E-state index in [1.54, 1.807) is 25.1 Å². The number of aromatic amines is 1. The summed E-state index contributed by atoms with van der Waals surface area (Å²) in [5, 5.41) is 3.48. The van der Waals surface area contributed by atoms with Crippen LogP contribution in [0.4, 0.5) is 5.69 Å². The first-order chi connectivity index (χ1) is 9.95. The van der Waals surface area contributed by atoms with Gasteiger partial charge in [0.2, 0.25) is 5.91 Å². The number of carbonyl (C=O) groups is 1. The van der Waals surface area contributed by atoms with Gasteiger partial charge in [-0.1, -0.05) is 35.0 Å². The van der Waals surface area contributed by atoms with Crippen LogP contribution in [0.5, 0.6) is 0 Å². The van der Waals surface area contributed by atoms with Gasteiger partial charge in [-0.05, 0) is 25.1 Å². The van der Waals surface area contributed by atoms with Crippen LogP contribution in [0, 0.1) is 0 Å². The van der Waals surface area contributed by atoms with Crippen LogP contribution in [0.15, 0.2) is 40.4 Å². The Morgan fingerprint density at radius 2 is 2.14 bits per heavy atom. The van der Waals surface area contributed by atoms with Gasteiger partial charge in [0, 0.05) is 17.3 Å². The van der Waals surface area contributed by atoms with Crippen molar-refractivity contribution >= 4 is 46.6 Å². The SMILES string of the molecule is C[C@@H](Sc1nccc(=O)[nH]1)C(=O)Nc1ccc(Cl)cc1Cl. The van der Waals surface area contributed by atoms with Crippen molar-refractivity contribution in [2.75, 3.05) is 5.32 Å². The minimum absolute atomic E-state index is 0.254. The van der Waals surface area contributed by atoms with Crippen molar-refractivity contribution in [3.05, 3.63) is 50.9 Å². The monoisotopic (exact) mass is 343 g/mol. The van der Waals surface area contributed by atoms with Crippen LogP contribution in [0.3, 0.4) is 0 Å². The van der Waals surface area contributed by atoms with Crippen LogP contribution >= 0.6 is 35.0 Å². The maximum Gasteiger partial charge on any atom is 0.251 e. The minimum Gasteiger partial charge on any atom is -0.324 e. The van der Waals surface area contributed by atoms with Crippen molar-refractivity contribution in [3.63, 3.8) is 0 Å². The summed E-state index contributed by atoms with van der Waals surface area (Å²) in [6, 6.07) is 6.12. The van der Waals surface area contributed by atoms with Gasteiger partial charge in [0.05, 0.1) is 16.0 Å². The predicted molar refractivity (Wildman–Crippen MR) is 85.3 cm³/mol. The molecule has 1 aromatic heterocycles. The molecule has 0 bridgehead atoms. The number of rotatable bonds is 4. The summed E-state index contributed by atoms with van der Waals surface area (Å²) in [6.45, 7) is 1.71. The normalized spacial score (nSPS) is 12.0. The first kappa shape index (κ1) is 15.9. The predicted octanol–water partition coefficient (Wildman–Crippen LogP) is 3.20. The molecule has 8 heteroatoms. The summed E-state index contributed by atoms with van der Waals surface area (Å²) in [6.07, 6.45) is 1.39.